The number of rotatable bonds is 9. The highest BCUT2D eigenvalue weighted by atomic mass is 16.8. The molecule has 0 aromatic carbocycles. The van der Waals surface area contributed by atoms with Gasteiger partial charge in [-0.2, -0.15) is 0 Å². The molecule has 5 atom stereocenters. The van der Waals surface area contributed by atoms with Gasteiger partial charge in [0, 0.05) is 6.61 Å². The van der Waals surface area contributed by atoms with Crippen molar-refractivity contribution in [2.24, 2.45) is 17.8 Å². The molecular weight excluding hydrogens is 570 g/mol. The quantitative estimate of drug-likeness (QED) is 0.309. The van der Waals surface area contributed by atoms with Gasteiger partial charge in [0.25, 0.3) is 0 Å². The van der Waals surface area contributed by atoms with Crippen LogP contribution in [0.2, 0.25) is 0 Å². The number of fused-ring (bicyclic) bond motifs is 1. The molecule has 7 rings (SSSR count). The van der Waals surface area contributed by atoms with E-state index in [-0.39, 0.29) is 48.4 Å². The van der Waals surface area contributed by atoms with Crippen molar-refractivity contribution in [2.75, 3.05) is 35.4 Å². The molecule has 6 aliphatic rings. The van der Waals surface area contributed by atoms with Gasteiger partial charge in [-0.3, -0.25) is 14.4 Å². The summed E-state index contributed by atoms with van der Waals surface area (Å²) in [7, 11) is 0. The molecule has 0 spiro atoms. The number of hydrogen-bond donors (Lipinski definition) is 2. The zero-order valence-corrected chi connectivity index (χ0v) is 25.1. The first kappa shape index (κ1) is 29.5. The predicted octanol–water partition coefficient (Wildman–Crippen LogP) is 3.49. The van der Waals surface area contributed by atoms with E-state index >= 15 is 0 Å². The van der Waals surface area contributed by atoms with E-state index in [2.05, 4.69) is 20.6 Å². The molecule has 3 aliphatic carbocycles. The van der Waals surface area contributed by atoms with Crippen LogP contribution < -0.4 is 15.5 Å². The molecule has 240 valence electrons. The molecule has 1 unspecified atom stereocenters. The third-order valence-electron chi connectivity index (χ3n) is 10.1. The fourth-order valence-corrected chi connectivity index (χ4v) is 7.52. The van der Waals surface area contributed by atoms with Gasteiger partial charge in [0.05, 0.1) is 37.1 Å². The van der Waals surface area contributed by atoms with Crippen molar-refractivity contribution in [3.05, 3.63) is 6.33 Å². The van der Waals surface area contributed by atoms with Crippen LogP contribution in [0, 0.1) is 17.8 Å². The summed E-state index contributed by atoms with van der Waals surface area (Å²) in [5, 5.41) is 6.80. The second-order valence-corrected chi connectivity index (χ2v) is 13.0. The summed E-state index contributed by atoms with van der Waals surface area (Å²) >= 11 is 0. The van der Waals surface area contributed by atoms with Gasteiger partial charge < -0.3 is 39.2 Å². The number of aromatic nitrogens is 2. The molecule has 0 bridgehead atoms. The number of nitrogens with one attached hydrogen (secondary N) is 2. The fourth-order valence-electron chi connectivity index (χ4n) is 7.52. The lowest BCUT2D eigenvalue weighted by atomic mass is 10.1. The number of nitrogens with zero attached hydrogens (tertiary/aromatic N) is 3. The maximum Gasteiger partial charge on any atom is 0.311 e. The average Bonchev–Trinajstić information content (AvgIpc) is 3.88. The molecule has 3 saturated carbocycles. The molecule has 5 fully saturated rings. The summed E-state index contributed by atoms with van der Waals surface area (Å²) in [6.45, 7) is 1.56. The van der Waals surface area contributed by atoms with E-state index in [0.29, 0.717) is 30.5 Å². The third-order valence-corrected chi connectivity index (χ3v) is 10.1. The van der Waals surface area contributed by atoms with Crippen molar-refractivity contribution in [3.8, 4) is 0 Å². The molecule has 2 saturated heterocycles. The fraction of sp³-hybridized carbons (Fsp3) is 0.774. The van der Waals surface area contributed by atoms with Crippen molar-refractivity contribution < 1.29 is 38.1 Å². The van der Waals surface area contributed by atoms with E-state index in [4.69, 9.17) is 23.7 Å². The average molecular weight is 614 g/mol. The molecule has 0 amide bonds. The zero-order valence-electron chi connectivity index (χ0n) is 25.1. The second kappa shape index (κ2) is 13.0. The van der Waals surface area contributed by atoms with Crippen molar-refractivity contribution in [1.29, 1.82) is 0 Å². The van der Waals surface area contributed by atoms with E-state index in [1.807, 2.05) is 4.90 Å². The minimum absolute atomic E-state index is 0.131. The molecule has 0 radical (unpaired) electrons. The molecule has 1 aromatic heterocycles. The van der Waals surface area contributed by atoms with Crippen molar-refractivity contribution >= 4 is 35.2 Å². The summed E-state index contributed by atoms with van der Waals surface area (Å²) in [5.74, 6) is -0.574. The van der Waals surface area contributed by atoms with Gasteiger partial charge in [0.15, 0.2) is 24.0 Å². The third kappa shape index (κ3) is 6.04. The van der Waals surface area contributed by atoms with Crippen molar-refractivity contribution in [1.82, 2.24) is 9.97 Å². The maximum absolute atomic E-state index is 13.5. The Morgan fingerprint density at radius 3 is 1.98 bits per heavy atom. The molecule has 1 aromatic rings. The summed E-state index contributed by atoms with van der Waals surface area (Å²) in [4.78, 5) is 51.0. The lowest BCUT2D eigenvalue weighted by Crippen LogP contribution is -2.49. The Balaban J connectivity index is 1.18. The summed E-state index contributed by atoms with van der Waals surface area (Å²) < 4.78 is 30.2. The predicted molar refractivity (Wildman–Crippen MR) is 156 cm³/mol. The number of carbonyl (C=O) groups is 3. The van der Waals surface area contributed by atoms with Crippen LogP contribution in [0.25, 0.3) is 0 Å². The number of hydrogen-bond acceptors (Lipinski definition) is 13. The van der Waals surface area contributed by atoms with Gasteiger partial charge in [-0.15, -0.1) is 0 Å². The highest BCUT2D eigenvalue weighted by Crippen LogP contribution is 2.42. The van der Waals surface area contributed by atoms with Gasteiger partial charge in [-0.1, -0.05) is 38.5 Å². The Morgan fingerprint density at radius 1 is 0.795 bits per heavy atom. The Labute approximate surface area is 257 Å². The molecule has 44 heavy (non-hydrogen) atoms. The van der Waals surface area contributed by atoms with Crippen LogP contribution >= 0.6 is 0 Å². The van der Waals surface area contributed by atoms with E-state index in [1.165, 1.54) is 6.33 Å². The molecule has 4 heterocycles. The monoisotopic (exact) mass is 613 g/mol. The Kier molecular flexibility index (Phi) is 8.75. The summed E-state index contributed by atoms with van der Waals surface area (Å²) in [6.07, 6.45) is 8.36. The maximum atomic E-state index is 13.5. The minimum atomic E-state index is -1.22. The number of ether oxygens (including phenoxy) is 5. The number of carbonyl (C=O) groups excluding carboxylic acids is 3. The number of anilines is 3. The zero-order chi connectivity index (χ0) is 30.0. The van der Waals surface area contributed by atoms with Gasteiger partial charge >= 0.3 is 17.9 Å². The molecule has 2 N–H and O–H groups in total. The smallest absolute Gasteiger partial charge is 0.311 e. The summed E-state index contributed by atoms with van der Waals surface area (Å²) in [5.41, 5.74) is 0.690. The van der Waals surface area contributed by atoms with Crippen LogP contribution in [-0.4, -0.2) is 78.5 Å². The first-order valence-corrected chi connectivity index (χ1v) is 16.5. The van der Waals surface area contributed by atoms with Crippen LogP contribution in [0.15, 0.2) is 6.33 Å². The Bertz CT molecular complexity index is 1210. The van der Waals surface area contributed by atoms with Gasteiger partial charge in [0.2, 0.25) is 12.4 Å². The Morgan fingerprint density at radius 2 is 1.39 bits per heavy atom. The van der Waals surface area contributed by atoms with Gasteiger partial charge in [0.1, 0.15) is 12.0 Å². The number of esters is 3. The van der Waals surface area contributed by atoms with E-state index in [9.17, 15) is 14.4 Å². The van der Waals surface area contributed by atoms with Crippen LogP contribution in [0.5, 0.6) is 0 Å². The van der Waals surface area contributed by atoms with Crippen LogP contribution in [0.4, 0.5) is 17.3 Å². The molecular formula is C31H43N5O8. The largest absolute Gasteiger partial charge is 0.453 e. The van der Waals surface area contributed by atoms with Crippen LogP contribution in [-0.2, 0) is 38.1 Å². The summed E-state index contributed by atoms with van der Waals surface area (Å²) in [6, 6.07) is 0.131. The van der Waals surface area contributed by atoms with Crippen LogP contribution in [0.1, 0.15) is 83.5 Å². The minimum Gasteiger partial charge on any atom is -0.453 e. The van der Waals surface area contributed by atoms with Crippen molar-refractivity contribution in [3.63, 3.8) is 0 Å². The second-order valence-electron chi connectivity index (χ2n) is 13.0. The van der Waals surface area contributed by atoms with Crippen molar-refractivity contribution in [2.45, 2.75) is 114 Å². The van der Waals surface area contributed by atoms with Gasteiger partial charge in [-0.25, -0.2) is 9.97 Å². The lowest BCUT2D eigenvalue weighted by Gasteiger charge is -2.30. The first-order valence-electron chi connectivity index (χ1n) is 16.5. The van der Waals surface area contributed by atoms with Gasteiger partial charge in [-0.05, 0) is 44.9 Å². The standard InChI is InChI=1S/C31H43N5O8/c37-28(18-7-1-2-8-18)41-23-24(42-29(38)19-9-3-4-10-19)31(44-30(39)20-11-5-6-12-20)43-27(23)36-17-34-22-25(32-16-33-26(22)36)35-21-13-14-40-15-21/h16,18-21,23-24,27,31,34H,1-15,17H2,(H,32,33,35)/t21-,23-,24+,27?,31-/m1/s1. The lowest BCUT2D eigenvalue weighted by molar-refractivity contribution is -0.202. The van der Waals surface area contributed by atoms with Crippen LogP contribution in [0.3, 0.4) is 0 Å². The van der Waals surface area contributed by atoms with E-state index in [0.717, 1.165) is 83.5 Å². The highest BCUT2D eigenvalue weighted by molar-refractivity contribution is 5.82. The Hall–Kier alpha value is -3.19. The van der Waals surface area contributed by atoms with E-state index in [1.54, 1.807) is 0 Å². The van der Waals surface area contributed by atoms with E-state index < -0.39 is 24.7 Å². The molecule has 3 aliphatic heterocycles. The SMILES string of the molecule is O=C(O[C@H]1OC(N2CNc3c(N[C@@H]4CCOC4)ncnc32)[C@H](OC(=O)C2CCCC2)[C@@H]1OC(=O)C1CCCC1)C1CCCC1. The topological polar surface area (TPSA) is 150 Å². The molecule has 13 heteroatoms. The normalized spacial score (nSPS) is 30.8. The first-order chi connectivity index (χ1) is 21.5. The highest BCUT2D eigenvalue weighted by Gasteiger charge is 2.56. The molecule has 13 nitrogen and oxygen atoms in total.